The van der Waals surface area contributed by atoms with Gasteiger partial charge in [-0.15, -0.1) is 0 Å². The van der Waals surface area contributed by atoms with Crippen LogP contribution in [-0.4, -0.2) is 30.3 Å². The topological polar surface area (TPSA) is 86.8 Å². The highest BCUT2D eigenvalue weighted by molar-refractivity contribution is 6.48. The Hall–Kier alpha value is -2.22. The average molecular weight is 418 g/mol. The molecule has 3 rings (SSSR count). The molecule has 0 saturated heterocycles. The van der Waals surface area contributed by atoms with Gasteiger partial charge < -0.3 is 19.5 Å². The zero-order chi connectivity index (χ0) is 18.7. The summed E-state index contributed by atoms with van der Waals surface area (Å²) in [4.78, 5) is 27.6. The predicted octanol–water partition coefficient (Wildman–Crippen LogP) is 3.24. The molecule has 0 atom stereocenters. The number of pyridine rings is 1. The van der Waals surface area contributed by atoms with Gasteiger partial charge in [-0.1, -0.05) is 40.9 Å². The molecule has 0 bridgehead atoms. The molecule has 1 aliphatic heterocycles. The summed E-state index contributed by atoms with van der Waals surface area (Å²) in [5.74, 6) is -0.109. The van der Waals surface area contributed by atoms with Crippen LogP contribution in [0.5, 0.6) is 11.5 Å². The van der Waals surface area contributed by atoms with Crippen LogP contribution in [0, 0.1) is 0 Å². The van der Waals surface area contributed by atoms with Crippen molar-refractivity contribution in [3.05, 3.63) is 50.7 Å². The molecule has 0 aliphatic carbocycles. The maximum atomic E-state index is 12.0. The fourth-order valence-corrected chi connectivity index (χ4v) is 2.65. The quantitative estimate of drug-likeness (QED) is 0.752. The lowest BCUT2D eigenvalue weighted by atomic mass is 10.2. The molecule has 2 heterocycles. The smallest absolute Gasteiger partial charge is 0.359 e. The van der Waals surface area contributed by atoms with E-state index in [0.717, 1.165) is 5.56 Å². The van der Waals surface area contributed by atoms with E-state index in [4.69, 9.17) is 49.0 Å². The molecule has 0 saturated carbocycles. The summed E-state index contributed by atoms with van der Waals surface area (Å²) in [5, 5.41) is 2.58. The molecule has 0 spiro atoms. The molecule has 2 aromatic rings. The minimum absolute atomic E-state index is 0.0115. The predicted molar refractivity (Wildman–Crippen MR) is 94.0 cm³/mol. The first kappa shape index (κ1) is 18.6. The van der Waals surface area contributed by atoms with Crippen molar-refractivity contribution in [1.82, 2.24) is 10.3 Å². The van der Waals surface area contributed by atoms with Crippen LogP contribution in [0.25, 0.3) is 0 Å². The highest BCUT2D eigenvalue weighted by atomic mass is 35.5. The van der Waals surface area contributed by atoms with Crippen LogP contribution in [0.15, 0.2) is 24.4 Å². The van der Waals surface area contributed by atoms with Gasteiger partial charge in [-0.3, -0.25) is 4.79 Å². The summed E-state index contributed by atoms with van der Waals surface area (Å²) >= 11 is 17.5. The lowest BCUT2D eigenvalue weighted by molar-refractivity contribution is -0.124. The normalized spacial score (nSPS) is 12.0. The maximum absolute atomic E-state index is 12.0. The minimum atomic E-state index is -0.883. The van der Waals surface area contributed by atoms with Gasteiger partial charge in [0, 0.05) is 12.7 Å². The van der Waals surface area contributed by atoms with E-state index in [1.807, 2.05) is 0 Å². The minimum Gasteiger partial charge on any atom is -0.454 e. The molecule has 0 radical (unpaired) electrons. The first-order valence-corrected chi connectivity index (χ1v) is 8.41. The van der Waals surface area contributed by atoms with Crippen LogP contribution in [0.1, 0.15) is 16.1 Å². The molecule has 1 aromatic heterocycles. The summed E-state index contributed by atoms with van der Waals surface area (Å²) in [6, 6.07) is 5.30. The molecule has 1 aromatic carbocycles. The molecule has 1 aliphatic rings. The molecule has 1 amide bonds. The Balaban J connectivity index is 1.51. The van der Waals surface area contributed by atoms with Gasteiger partial charge in [0.15, 0.2) is 23.8 Å². The standard InChI is InChI=1S/C16H11Cl3N2O5/c17-9-5-21-15(14(19)13(9)18)16(23)24-6-12(22)20-4-8-1-2-10-11(3-8)26-7-25-10/h1-3,5H,4,6-7H2,(H,20,22). The number of aromatic nitrogens is 1. The number of fused-ring (bicyclic) bond motifs is 1. The van der Waals surface area contributed by atoms with E-state index < -0.39 is 18.5 Å². The van der Waals surface area contributed by atoms with Crippen molar-refractivity contribution in [2.75, 3.05) is 13.4 Å². The first-order chi connectivity index (χ1) is 12.5. The largest absolute Gasteiger partial charge is 0.454 e. The van der Waals surface area contributed by atoms with Crippen LogP contribution < -0.4 is 14.8 Å². The van der Waals surface area contributed by atoms with E-state index in [9.17, 15) is 9.59 Å². The number of esters is 1. The van der Waals surface area contributed by atoms with Crippen molar-refractivity contribution < 1.29 is 23.8 Å². The second kappa shape index (κ2) is 7.99. The Bertz CT molecular complexity index is 875. The van der Waals surface area contributed by atoms with Gasteiger partial charge in [0.1, 0.15) is 0 Å². The van der Waals surface area contributed by atoms with Gasteiger partial charge in [-0.05, 0) is 17.7 Å². The van der Waals surface area contributed by atoms with E-state index >= 15 is 0 Å². The van der Waals surface area contributed by atoms with Gasteiger partial charge in [0.2, 0.25) is 6.79 Å². The highest BCUT2D eigenvalue weighted by Crippen LogP contribution is 2.32. The number of amides is 1. The number of benzene rings is 1. The summed E-state index contributed by atoms with van der Waals surface area (Å²) in [7, 11) is 0. The second-order valence-corrected chi connectivity index (χ2v) is 6.29. The van der Waals surface area contributed by atoms with Crippen LogP contribution in [0.3, 0.4) is 0 Å². The van der Waals surface area contributed by atoms with Crippen molar-refractivity contribution >= 4 is 46.7 Å². The van der Waals surface area contributed by atoms with Crippen LogP contribution >= 0.6 is 34.8 Å². The highest BCUT2D eigenvalue weighted by Gasteiger charge is 2.19. The molecular weight excluding hydrogens is 407 g/mol. The van der Waals surface area contributed by atoms with Crippen molar-refractivity contribution in [3.63, 3.8) is 0 Å². The van der Waals surface area contributed by atoms with Crippen molar-refractivity contribution in [1.29, 1.82) is 0 Å². The van der Waals surface area contributed by atoms with E-state index in [1.165, 1.54) is 6.20 Å². The molecule has 1 N–H and O–H groups in total. The number of nitrogens with one attached hydrogen (secondary N) is 1. The molecule has 0 fully saturated rings. The van der Waals surface area contributed by atoms with Gasteiger partial charge in [-0.25, -0.2) is 9.78 Å². The molecular formula is C16H11Cl3N2O5. The zero-order valence-electron chi connectivity index (χ0n) is 13.1. The maximum Gasteiger partial charge on any atom is 0.359 e. The van der Waals surface area contributed by atoms with Crippen molar-refractivity contribution in [3.8, 4) is 11.5 Å². The average Bonchev–Trinajstić information content (AvgIpc) is 3.10. The number of hydrogen-bond donors (Lipinski definition) is 1. The lowest BCUT2D eigenvalue weighted by Gasteiger charge is -2.08. The van der Waals surface area contributed by atoms with E-state index in [-0.39, 0.29) is 34.1 Å². The second-order valence-electron chi connectivity index (χ2n) is 5.12. The van der Waals surface area contributed by atoms with Crippen molar-refractivity contribution in [2.45, 2.75) is 6.54 Å². The van der Waals surface area contributed by atoms with Gasteiger partial charge >= 0.3 is 5.97 Å². The SMILES string of the molecule is O=C(COC(=O)c1ncc(Cl)c(Cl)c1Cl)NCc1ccc2c(c1)OCO2. The van der Waals surface area contributed by atoms with Crippen molar-refractivity contribution in [2.24, 2.45) is 0 Å². The molecule has 0 unspecified atom stereocenters. The summed E-state index contributed by atoms with van der Waals surface area (Å²) in [5.41, 5.74) is 0.591. The fourth-order valence-electron chi connectivity index (χ4n) is 2.09. The van der Waals surface area contributed by atoms with Crippen LogP contribution in [0.2, 0.25) is 15.1 Å². The Morgan fingerprint density at radius 2 is 1.92 bits per heavy atom. The third kappa shape index (κ3) is 4.12. The Labute approximate surface area is 163 Å². The number of hydrogen-bond acceptors (Lipinski definition) is 6. The Morgan fingerprint density at radius 1 is 1.15 bits per heavy atom. The van der Waals surface area contributed by atoms with Gasteiger partial charge in [0.25, 0.3) is 5.91 Å². The fraction of sp³-hybridized carbons (Fsp3) is 0.188. The summed E-state index contributed by atoms with van der Waals surface area (Å²) in [6.07, 6.45) is 1.17. The molecule has 26 heavy (non-hydrogen) atoms. The lowest BCUT2D eigenvalue weighted by Crippen LogP contribution is -2.28. The van der Waals surface area contributed by atoms with E-state index in [0.29, 0.717) is 11.5 Å². The van der Waals surface area contributed by atoms with E-state index in [1.54, 1.807) is 18.2 Å². The van der Waals surface area contributed by atoms with Gasteiger partial charge in [-0.2, -0.15) is 0 Å². The number of ether oxygens (including phenoxy) is 3. The third-order valence-electron chi connectivity index (χ3n) is 3.37. The Morgan fingerprint density at radius 3 is 2.73 bits per heavy atom. The molecule has 7 nitrogen and oxygen atoms in total. The number of nitrogens with zero attached hydrogens (tertiary/aromatic N) is 1. The monoisotopic (exact) mass is 416 g/mol. The summed E-state index contributed by atoms with van der Waals surface area (Å²) < 4.78 is 15.4. The third-order valence-corrected chi connectivity index (χ3v) is 4.61. The number of halogens is 3. The van der Waals surface area contributed by atoms with Crippen LogP contribution in [-0.2, 0) is 16.1 Å². The molecule has 10 heteroatoms. The zero-order valence-corrected chi connectivity index (χ0v) is 15.3. The van der Waals surface area contributed by atoms with Crippen LogP contribution in [0.4, 0.5) is 0 Å². The first-order valence-electron chi connectivity index (χ1n) is 7.27. The Kier molecular flexibility index (Phi) is 5.70. The number of carbonyl (C=O) groups excluding carboxylic acids is 2. The molecule has 136 valence electrons. The van der Waals surface area contributed by atoms with Gasteiger partial charge in [0.05, 0.1) is 15.1 Å². The number of rotatable bonds is 5. The van der Waals surface area contributed by atoms with E-state index in [2.05, 4.69) is 10.3 Å². The summed E-state index contributed by atoms with van der Waals surface area (Å²) in [6.45, 7) is -0.0904. The number of carbonyl (C=O) groups is 2.